The summed E-state index contributed by atoms with van der Waals surface area (Å²) in [5, 5.41) is 87.0. The molecule has 2 heterocycles. The minimum Gasteiger partial charge on any atom is -0.394 e. The normalized spacial score (nSPS) is 47.5. The van der Waals surface area contributed by atoms with Gasteiger partial charge < -0.3 is 88.1 Å². The Balaban J connectivity index is 1.96. The third-order valence-electron chi connectivity index (χ3n) is 7.49. The van der Waals surface area contributed by atoms with Gasteiger partial charge >= 0.3 is 0 Å². The van der Waals surface area contributed by atoms with Gasteiger partial charge in [0.1, 0.15) is 66.5 Å². The van der Waals surface area contributed by atoms with Crippen molar-refractivity contribution in [3.05, 3.63) is 0 Å². The van der Waals surface area contributed by atoms with E-state index in [1.165, 1.54) is 14.0 Å². The van der Waals surface area contributed by atoms with Crippen LogP contribution in [0.3, 0.4) is 0 Å². The third kappa shape index (κ3) is 6.11. The van der Waals surface area contributed by atoms with Crippen molar-refractivity contribution in [1.82, 2.24) is 5.32 Å². The average molecular weight is 584 g/mol. The van der Waals surface area contributed by atoms with Crippen LogP contribution in [-0.2, 0) is 18.9 Å². The lowest BCUT2D eigenvalue weighted by Crippen LogP contribution is -2.66. The fraction of sp³-hybridized carbons (Fsp3) is 0.905. The second-order valence-electron chi connectivity index (χ2n) is 10.0. The Morgan fingerprint density at radius 2 is 1.43 bits per heavy atom. The molecule has 19 nitrogen and oxygen atoms in total. The zero-order valence-corrected chi connectivity index (χ0v) is 21.9. The van der Waals surface area contributed by atoms with Gasteiger partial charge in [-0.3, -0.25) is 0 Å². The number of aliphatic imine (C=N–C) groups is 2. The van der Waals surface area contributed by atoms with E-state index < -0.39 is 116 Å². The smallest absolute Gasteiger partial charge is 0.187 e. The summed E-state index contributed by atoms with van der Waals surface area (Å²) in [6.07, 6.45) is -16.9. The molecule has 1 aliphatic carbocycles. The molecule has 0 amide bonds. The second-order valence-corrected chi connectivity index (χ2v) is 10.0. The SMILES string of the molecule is CN[C@@H]1[C@H](O[C@H]2[C@@H](O[C@@H]3[C@H](O)[C@@H](O)[C@H](N=C(N)N)[C@@H](O)[C@@H]3N=C(N)N)O[C@H](C)[C@@]2(O)CO)O[C@@H](CO)[C@H](O)[C@H]1O. The molecule has 0 spiro atoms. The predicted octanol–water partition coefficient (Wildman–Crippen LogP) is -8.37. The first-order valence-corrected chi connectivity index (χ1v) is 12.5. The molecule has 0 aromatic heterocycles. The maximum atomic E-state index is 11.3. The summed E-state index contributed by atoms with van der Waals surface area (Å²) in [5.74, 6) is -1.01. The van der Waals surface area contributed by atoms with Crippen LogP contribution in [0.1, 0.15) is 6.92 Å². The largest absolute Gasteiger partial charge is 0.394 e. The summed E-state index contributed by atoms with van der Waals surface area (Å²) in [5.41, 5.74) is 19.7. The highest BCUT2D eigenvalue weighted by Gasteiger charge is 2.60. The van der Waals surface area contributed by atoms with Gasteiger partial charge in [0, 0.05) is 0 Å². The summed E-state index contributed by atoms with van der Waals surface area (Å²) in [4.78, 5) is 7.66. The van der Waals surface area contributed by atoms with E-state index in [9.17, 15) is 40.9 Å². The minimum absolute atomic E-state index is 0.493. The van der Waals surface area contributed by atoms with Crippen LogP contribution in [0.4, 0.5) is 0 Å². The highest BCUT2D eigenvalue weighted by atomic mass is 16.8. The summed E-state index contributed by atoms with van der Waals surface area (Å²) in [7, 11) is 1.44. The molecule has 3 aliphatic rings. The average Bonchev–Trinajstić information content (AvgIpc) is 3.13. The van der Waals surface area contributed by atoms with E-state index >= 15 is 0 Å². The van der Waals surface area contributed by atoms with Crippen LogP contribution < -0.4 is 28.3 Å². The van der Waals surface area contributed by atoms with Gasteiger partial charge in [-0.15, -0.1) is 0 Å². The Bertz CT molecular complexity index is 911. The zero-order chi connectivity index (χ0) is 30.1. The number of aliphatic hydroxyl groups excluding tert-OH is 7. The van der Waals surface area contributed by atoms with Crippen molar-refractivity contribution in [2.75, 3.05) is 20.3 Å². The predicted molar refractivity (Wildman–Crippen MR) is 134 cm³/mol. The molecule has 0 aromatic carbocycles. The number of rotatable bonds is 9. The Morgan fingerprint density at radius 1 is 0.825 bits per heavy atom. The Kier molecular flexibility index (Phi) is 10.5. The summed E-state index contributed by atoms with van der Waals surface area (Å²) >= 11 is 0. The Morgan fingerprint density at radius 3 is 1.95 bits per heavy atom. The first-order valence-electron chi connectivity index (χ1n) is 12.5. The molecule has 0 radical (unpaired) electrons. The number of nitrogens with one attached hydrogen (secondary N) is 1. The van der Waals surface area contributed by atoms with E-state index in [0.717, 1.165) is 0 Å². The molecule has 2 aliphatic heterocycles. The Labute approximate surface area is 229 Å². The van der Waals surface area contributed by atoms with E-state index in [1.807, 2.05) is 0 Å². The van der Waals surface area contributed by atoms with E-state index in [1.54, 1.807) is 0 Å². The van der Waals surface area contributed by atoms with Gasteiger partial charge in [-0.1, -0.05) is 0 Å². The highest BCUT2D eigenvalue weighted by molar-refractivity contribution is 5.76. The molecule has 3 fully saturated rings. The minimum atomic E-state index is -2.15. The van der Waals surface area contributed by atoms with Crippen LogP contribution >= 0.6 is 0 Å². The van der Waals surface area contributed by atoms with Gasteiger partial charge in [-0.05, 0) is 14.0 Å². The maximum Gasteiger partial charge on any atom is 0.187 e. The first kappa shape index (κ1) is 32.5. The van der Waals surface area contributed by atoms with Crippen molar-refractivity contribution in [3.63, 3.8) is 0 Å². The number of nitrogens with two attached hydrogens (primary N) is 4. The van der Waals surface area contributed by atoms with Crippen molar-refractivity contribution in [2.45, 2.75) is 98.2 Å². The second kappa shape index (κ2) is 12.9. The van der Waals surface area contributed by atoms with Crippen LogP contribution in [0.15, 0.2) is 9.98 Å². The number of guanidine groups is 2. The molecule has 15 atom stereocenters. The van der Waals surface area contributed by atoms with Gasteiger partial charge in [-0.25, -0.2) is 9.98 Å². The van der Waals surface area contributed by atoms with Gasteiger partial charge in [0.2, 0.25) is 0 Å². The zero-order valence-electron chi connectivity index (χ0n) is 21.9. The quantitative estimate of drug-likeness (QED) is 0.0884. The van der Waals surface area contributed by atoms with Crippen LogP contribution in [0.5, 0.6) is 0 Å². The van der Waals surface area contributed by atoms with Gasteiger partial charge in [0.05, 0.1) is 25.4 Å². The van der Waals surface area contributed by atoms with Crippen LogP contribution in [0, 0.1) is 0 Å². The number of ether oxygens (including phenoxy) is 4. The molecule has 40 heavy (non-hydrogen) atoms. The summed E-state index contributed by atoms with van der Waals surface area (Å²) in [6, 6.07) is -4.00. The molecular formula is C21H41N7O12. The molecule has 232 valence electrons. The first-order chi connectivity index (χ1) is 18.7. The molecular weight excluding hydrogens is 542 g/mol. The van der Waals surface area contributed by atoms with E-state index in [0.29, 0.717) is 0 Å². The van der Waals surface area contributed by atoms with E-state index in [4.69, 9.17) is 41.9 Å². The lowest BCUT2D eigenvalue weighted by atomic mass is 9.81. The highest BCUT2D eigenvalue weighted by Crippen LogP contribution is 2.39. The van der Waals surface area contributed by atoms with Crippen molar-refractivity contribution < 1.29 is 59.8 Å². The number of hydrogen-bond donors (Lipinski definition) is 13. The number of aliphatic hydroxyl groups is 8. The summed E-state index contributed by atoms with van der Waals surface area (Å²) in [6.45, 7) is -0.199. The molecule has 0 unspecified atom stereocenters. The van der Waals surface area contributed by atoms with Crippen molar-refractivity contribution in [2.24, 2.45) is 32.9 Å². The standard InChI is InChI=1S/C21H41N7O12/c1-5-21(36,4-30)16(40-17-9(26-2)13(34)10(31)6(3-29)38-17)18(37-5)39-15-8(28-20(24)25)11(32)7(27-19(22)23)12(33)14(15)35/h5-18,26,29-36H,3-4H2,1-2H3,(H4,22,23,27)(H4,24,25,28)/t5-,6+,7-,8+,9+,10+,11-,12+,13+,14-,15+,16+,17+,18-,21+/m1/s1. The Hall–Kier alpha value is -1.98. The lowest BCUT2D eigenvalue weighted by Gasteiger charge is -2.45. The number of likely N-dealkylation sites (N-methyl/N-ethyl adjacent to an activating group) is 1. The van der Waals surface area contributed by atoms with Crippen LogP contribution in [0.25, 0.3) is 0 Å². The van der Waals surface area contributed by atoms with E-state index in [2.05, 4.69) is 15.3 Å². The molecule has 0 aromatic rings. The molecule has 1 saturated carbocycles. The maximum absolute atomic E-state index is 11.3. The fourth-order valence-electron chi connectivity index (χ4n) is 5.17. The van der Waals surface area contributed by atoms with Gasteiger partial charge in [0.15, 0.2) is 24.5 Å². The molecule has 2 saturated heterocycles. The topological polar surface area (TPSA) is 340 Å². The molecule has 19 heteroatoms. The lowest BCUT2D eigenvalue weighted by molar-refractivity contribution is -0.317. The summed E-state index contributed by atoms with van der Waals surface area (Å²) < 4.78 is 23.2. The van der Waals surface area contributed by atoms with Crippen LogP contribution in [0.2, 0.25) is 0 Å². The van der Waals surface area contributed by atoms with Crippen molar-refractivity contribution in [3.8, 4) is 0 Å². The monoisotopic (exact) mass is 583 g/mol. The third-order valence-corrected chi connectivity index (χ3v) is 7.49. The fourth-order valence-corrected chi connectivity index (χ4v) is 5.17. The van der Waals surface area contributed by atoms with Crippen molar-refractivity contribution >= 4 is 11.9 Å². The van der Waals surface area contributed by atoms with Gasteiger partial charge in [-0.2, -0.15) is 0 Å². The number of nitrogens with zero attached hydrogens (tertiary/aromatic N) is 2. The molecule has 17 N–H and O–H groups in total. The van der Waals surface area contributed by atoms with E-state index in [-0.39, 0.29) is 0 Å². The van der Waals surface area contributed by atoms with Gasteiger partial charge in [0.25, 0.3) is 0 Å². The van der Waals surface area contributed by atoms with Crippen molar-refractivity contribution in [1.29, 1.82) is 0 Å². The number of hydrogen-bond acceptors (Lipinski definition) is 15. The van der Waals surface area contributed by atoms with Crippen LogP contribution in [-0.4, -0.2) is 164 Å². The molecule has 3 rings (SSSR count). The molecule has 0 bridgehead atoms.